The predicted octanol–water partition coefficient (Wildman–Crippen LogP) is 5.42. The second kappa shape index (κ2) is 10.4. The number of halogens is 3. The Kier molecular flexibility index (Phi) is 7.14. The molecule has 7 nitrogen and oxygen atoms in total. The van der Waals surface area contributed by atoms with Gasteiger partial charge in [0.1, 0.15) is 5.69 Å². The molecular weight excluding hydrogens is 471 g/mol. The van der Waals surface area contributed by atoms with E-state index in [9.17, 15) is 22.8 Å². The molecule has 0 saturated carbocycles. The average Bonchev–Trinajstić information content (AvgIpc) is 3.31. The zero-order chi connectivity index (χ0) is 25.7. The van der Waals surface area contributed by atoms with Gasteiger partial charge in [-0.15, -0.1) is 0 Å². The second-order valence-corrected chi connectivity index (χ2v) is 8.12. The van der Waals surface area contributed by atoms with Gasteiger partial charge >= 0.3 is 6.18 Å². The maximum absolute atomic E-state index is 13.0. The van der Waals surface area contributed by atoms with E-state index in [0.29, 0.717) is 24.3 Å². The third-order valence-corrected chi connectivity index (χ3v) is 5.49. The molecule has 0 aliphatic heterocycles. The fourth-order valence-electron chi connectivity index (χ4n) is 3.56. The first-order valence-corrected chi connectivity index (χ1v) is 11.0. The van der Waals surface area contributed by atoms with Crippen LogP contribution in [0.1, 0.15) is 43.2 Å². The molecule has 10 heteroatoms. The van der Waals surface area contributed by atoms with E-state index in [1.165, 1.54) is 18.3 Å². The summed E-state index contributed by atoms with van der Waals surface area (Å²) in [6.45, 7) is 1.93. The second-order valence-electron chi connectivity index (χ2n) is 8.12. The lowest BCUT2D eigenvalue weighted by atomic mass is 10.0. The van der Waals surface area contributed by atoms with Crippen molar-refractivity contribution in [1.29, 1.82) is 0 Å². The fraction of sp³-hybridized carbons (Fsp3) is 0.154. The Morgan fingerprint density at radius 3 is 2.50 bits per heavy atom. The molecule has 0 aliphatic rings. The highest BCUT2D eigenvalue weighted by Gasteiger charge is 2.30. The molecule has 36 heavy (non-hydrogen) atoms. The van der Waals surface area contributed by atoms with Crippen LogP contribution < -0.4 is 10.6 Å². The molecule has 2 aromatic heterocycles. The largest absolute Gasteiger partial charge is 0.416 e. The highest BCUT2D eigenvalue weighted by atomic mass is 19.4. The van der Waals surface area contributed by atoms with Crippen molar-refractivity contribution in [2.45, 2.75) is 25.9 Å². The number of aromatic amines is 1. The molecule has 0 fully saturated rings. The summed E-state index contributed by atoms with van der Waals surface area (Å²) in [6, 6.07) is 16.4. The van der Waals surface area contributed by atoms with Gasteiger partial charge < -0.3 is 10.6 Å². The Morgan fingerprint density at radius 1 is 0.917 bits per heavy atom. The van der Waals surface area contributed by atoms with Crippen LogP contribution in [0.25, 0.3) is 0 Å². The smallest absolute Gasteiger partial charge is 0.322 e. The van der Waals surface area contributed by atoms with Gasteiger partial charge in [-0.2, -0.15) is 18.3 Å². The van der Waals surface area contributed by atoms with E-state index < -0.39 is 17.6 Å². The van der Waals surface area contributed by atoms with Crippen LogP contribution in [-0.4, -0.2) is 27.0 Å². The normalized spacial score (nSPS) is 11.2. The Morgan fingerprint density at radius 2 is 1.75 bits per heavy atom. The molecule has 2 amide bonds. The Hall–Kier alpha value is -4.47. The number of alkyl halides is 3. The minimum absolute atomic E-state index is 0.0790. The van der Waals surface area contributed by atoms with Crippen molar-refractivity contribution in [2.75, 3.05) is 10.6 Å². The number of anilines is 2. The van der Waals surface area contributed by atoms with Crippen LogP contribution >= 0.6 is 0 Å². The predicted molar refractivity (Wildman–Crippen MR) is 129 cm³/mol. The van der Waals surface area contributed by atoms with Gasteiger partial charge in [0.05, 0.1) is 5.56 Å². The highest BCUT2D eigenvalue weighted by molar-refractivity contribution is 6.04. The summed E-state index contributed by atoms with van der Waals surface area (Å²) in [5.74, 6) is -0.619. The van der Waals surface area contributed by atoms with E-state index in [1.54, 1.807) is 36.4 Å². The number of carbonyl (C=O) groups excluding carboxylic acids is 2. The number of hydrogen-bond acceptors (Lipinski definition) is 4. The van der Waals surface area contributed by atoms with E-state index in [4.69, 9.17) is 0 Å². The minimum atomic E-state index is -4.53. The third-order valence-electron chi connectivity index (χ3n) is 5.49. The monoisotopic (exact) mass is 493 g/mol. The van der Waals surface area contributed by atoms with Crippen LogP contribution in [0, 0.1) is 6.92 Å². The zero-order valence-electron chi connectivity index (χ0n) is 19.2. The number of aryl methyl sites for hydroxylation is 3. The van der Waals surface area contributed by atoms with Crippen molar-refractivity contribution in [1.82, 2.24) is 15.2 Å². The zero-order valence-corrected chi connectivity index (χ0v) is 19.2. The van der Waals surface area contributed by atoms with Gasteiger partial charge in [0.15, 0.2) is 5.82 Å². The quantitative estimate of drug-likeness (QED) is 0.320. The maximum atomic E-state index is 13.0. The number of aromatic nitrogens is 3. The number of nitrogens with one attached hydrogen (secondary N) is 3. The van der Waals surface area contributed by atoms with E-state index >= 15 is 0 Å². The molecule has 4 aromatic rings. The van der Waals surface area contributed by atoms with Gasteiger partial charge in [-0.3, -0.25) is 19.7 Å². The number of rotatable bonds is 7. The van der Waals surface area contributed by atoms with Crippen molar-refractivity contribution in [2.24, 2.45) is 0 Å². The molecule has 184 valence electrons. The molecule has 0 saturated heterocycles. The first kappa shape index (κ1) is 24.6. The lowest BCUT2D eigenvalue weighted by Gasteiger charge is -2.11. The molecule has 3 N–H and O–H groups in total. The van der Waals surface area contributed by atoms with Crippen LogP contribution in [0.2, 0.25) is 0 Å². The van der Waals surface area contributed by atoms with Crippen molar-refractivity contribution < 1.29 is 22.8 Å². The van der Waals surface area contributed by atoms with Crippen molar-refractivity contribution in [3.8, 4) is 0 Å². The summed E-state index contributed by atoms with van der Waals surface area (Å²) in [7, 11) is 0. The van der Waals surface area contributed by atoms with E-state index in [1.807, 2.05) is 13.0 Å². The molecule has 0 atom stereocenters. The Balaban J connectivity index is 1.39. The van der Waals surface area contributed by atoms with Gasteiger partial charge in [-0.05, 0) is 73.4 Å². The molecule has 2 heterocycles. The summed E-state index contributed by atoms with van der Waals surface area (Å²) in [5.41, 5.74) is 2.54. The standard InChI is InChI=1S/C26H22F3N5O2/c1-16-8-10-20(31-24(35)18-5-4-6-19(13-18)26(27,28)29)14-17(16)9-11-21-15-23(34-33-21)32-25(36)22-7-2-3-12-30-22/h2-8,10,12-15H,9,11H2,1H3,(H,31,35)(H2,32,33,34,36). The number of hydrogen-bond donors (Lipinski definition) is 3. The molecule has 4 rings (SSSR count). The molecule has 2 aromatic carbocycles. The van der Waals surface area contributed by atoms with Crippen molar-refractivity contribution in [3.05, 3.63) is 107 Å². The summed E-state index contributed by atoms with van der Waals surface area (Å²) in [5, 5.41) is 12.4. The van der Waals surface area contributed by atoms with Gasteiger partial charge in [-0.1, -0.05) is 18.2 Å². The first-order valence-electron chi connectivity index (χ1n) is 11.0. The number of amides is 2. The average molecular weight is 493 g/mol. The summed E-state index contributed by atoms with van der Waals surface area (Å²) >= 11 is 0. The van der Waals surface area contributed by atoms with Crippen LogP contribution in [-0.2, 0) is 19.0 Å². The Labute approximate surface area is 204 Å². The topological polar surface area (TPSA) is 99.8 Å². The molecule has 0 spiro atoms. The summed E-state index contributed by atoms with van der Waals surface area (Å²) in [6.07, 6.45) is -1.81. The first-order chi connectivity index (χ1) is 17.2. The number of pyridine rings is 1. The molecule has 0 bridgehead atoms. The molecular formula is C26H22F3N5O2. The highest BCUT2D eigenvalue weighted by Crippen LogP contribution is 2.29. The van der Waals surface area contributed by atoms with Crippen LogP contribution in [0.5, 0.6) is 0 Å². The minimum Gasteiger partial charge on any atom is -0.322 e. The van der Waals surface area contributed by atoms with E-state index in [2.05, 4.69) is 25.8 Å². The molecule has 0 unspecified atom stereocenters. The Bertz CT molecular complexity index is 1380. The van der Waals surface area contributed by atoms with Crippen LogP contribution in [0.4, 0.5) is 24.7 Å². The van der Waals surface area contributed by atoms with Crippen molar-refractivity contribution in [3.63, 3.8) is 0 Å². The number of H-pyrrole nitrogens is 1. The van der Waals surface area contributed by atoms with Crippen LogP contribution in [0.3, 0.4) is 0 Å². The van der Waals surface area contributed by atoms with E-state index in [-0.39, 0.29) is 17.2 Å². The molecule has 0 aliphatic carbocycles. The fourth-order valence-corrected chi connectivity index (χ4v) is 3.56. The number of benzene rings is 2. The SMILES string of the molecule is Cc1ccc(NC(=O)c2cccc(C(F)(F)F)c2)cc1CCc1cc(NC(=O)c2ccccn2)n[nH]1. The summed E-state index contributed by atoms with van der Waals surface area (Å²) < 4.78 is 38.9. The third kappa shape index (κ3) is 6.15. The van der Waals surface area contributed by atoms with Gasteiger partial charge in [0, 0.05) is 29.2 Å². The number of nitrogens with zero attached hydrogens (tertiary/aromatic N) is 2. The van der Waals surface area contributed by atoms with Gasteiger partial charge in [-0.25, -0.2) is 0 Å². The van der Waals surface area contributed by atoms with Crippen molar-refractivity contribution >= 4 is 23.3 Å². The van der Waals surface area contributed by atoms with Crippen LogP contribution in [0.15, 0.2) is 72.9 Å². The van der Waals surface area contributed by atoms with Gasteiger partial charge in [0.2, 0.25) is 0 Å². The van der Waals surface area contributed by atoms with E-state index in [0.717, 1.165) is 29.0 Å². The maximum Gasteiger partial charge on any atom is 0.416 e. The number of carbonyl (C=O) groups is 2. The lowest BCUT2D eigenvalue weighted by Crippen LogP contribution is -2.14. The molecule has 0 radical (unpaired) electrons. The summed E-state index contributed by atoms with van der Waals surface area (Å²) in [4.78, 5) is 28.8. The lowest BCUT2D eigenvalue weighted by molar-refractivity contribution is -0.137. The van der Waals surface area contributed by atoms with Gasteiger partial charge in [0.25, 0.3) is 11.8 Å².